The van der Waals surface area contributed by atoms with E-state index in [0.717, 1.165) is 5.56 Å². The summed E-state index contributed by atoms with van der Waals surface area (Å²) in [4.78, 5) is 10.9. The van der Waals surface area contributed by atoms with E-state index in [1.54, 1.807) is 13.2 Å². The maximum absolute atomic E-state index is 10.9. The van der Waals surface area contributed by atoms with E-state index in [2.05, 4.69) is 10.2 Å². The van der Waals surface area contributed by atoms with E-state index in [0.29, 0.717) is 29.7 Å². The number of carboxylic acids is 1. The van der Waals surface area contributed by atoms with Crippen LogP contribution in [-0.4, -0.2) is 35.0 Å². The molecule has 0 radical (unpaired) electrons. The lowest BCUT2D eigenvalue weighted by molar-refractivity contribution is 0.0690. The Balaban J connectivity index is 1.86. The van der Waals surface area contributed by atoms with Crippen LogP contribution in [0.15, 0.2) is 24.3 Å². The fourth-order valence-electron chi connectivity index (χ4n) is 2.02. The lowest BCUT2D eigenvalue weighted by Crippen LogP contribution is -2.01. The summed E-state index contributed by atoms with van der Waals surface area (Å²) in [6.45, 7) is 0.681. The van der Waals surface area contributed by atoms with Crippen molar-refractivity contribution in [2.45, 2.75) is 12.8 Å². The van der Waals surface area contributed by atoms with Crippen LogP contribution in [0.2, 0.25) is 0 Å². The molecule has 1 aliphatic rings. The quantitative estimate of drug-likeness (QED) is 0.853. The van der Waals surface area contributed by atoms with Crippen LogP contribution in [0.1, 0.15) is 23.3 Å². The monoisotopic (exact) mass is 288 g/mol. The second-order valence-electron chi connectivity index (χ2n) is 5.09. The minimum atomic E-state index is -1.03. The second kappa shape index (κ2) is 5.47. The molecular weight excluding hydrogens is 272 g/mol. The fourth-order valence-corrected chi connectivity index (χ4v) is 2.02. The number of rotatable bonds is 6. The highest BCUT2D eigenvalue weighted by Gasteiger charge is 2.22. The van der Waals surface area contributed by atoms with Gasteiger partial charge in [0, 0.05) is 5.56 Å². The molecule has 1 aromatic carbocycles. The standard InChI is InChI=1S/C15H16N2O4/c1-20-13-5-4-10(6-14(13)21-8-9-2-3-9)11-7-12(15(18)19)17-16-11/h4-7,9H,2-3,8H2,1H3,(H,16,17)(H,18,19). The number of hydrogen-bond donors (Lipinski definition) is 2. The van der Waals surface area contributed by atoms with Crippen molar-refractivity contribution in [2.24, 2.45) is 5.92 Å². The van der Waals surface area contributed by atoms with Gasteiger partial charge in [-0.2, -0.15) is 5.10 Å². The summed E-state index contributed by atoms with van der Waals surface area (Å²) in [5.74, 6) is 0.921. The van der Waals surface area contributed by atoms with E-state index in [1.165, 1.54) is 18.9 Å². The van der Waals surface area contributed by atoms with E-state index in [9.17, 15) is 4.79 Å². The Labute approximate surface area is 121 Å². The number of benzene rings is 1. The Morgan fingerprint density at radius 1 is 1.38 bits per heavy atom. The van der Waals surface area contributed by atoms with Gasteiger partial charge in [-0.1, -0.05) is 0 Å². The van der Waals surface area contributed by atoms with Crippen molar-refractivity contribution in [1.29, 1.82) is 0 Å². The number of nitrogens with zero attached hydrogens (tertiary/aromatic N) is 1. The number of hydrogen-bond acceptors (Lipinski definition) is 4. The van der Waals surface area contributed by atoms with Crippen LogP contribution in [0.4, 0.5) is 0 Å². The zero-order valence-corrected chi connectivity index (χ0v) is 11.6. The summed E-state index contributed by atoms with van der Waals surface area (Å²) in [5, 5.41) is 15.4. The Morgan fingerprint density at radius 2 is 2.19 bits per heavy atom. The molecule has 110 valence electrons. The first-order valence-corrected chi connectivity index (χ1v) is 6.77. The molecule has 0 aliphatic heterocycles. The lowest BCUT2D eigenvalue weighted by atomic mass is 10.1. The average molecular weight is 288 g/mol. The molecule has 1 aromatic heterocycles. The molecule has 3 rings (SSSR count). The van der Waals surface area contributed by atoms with Gasteiger partial charge in [0.1, 0.15) is 5.69 Å². The summed E-state index contributed by atoms with van der Waals surface area (Å²) in [7, 11) is 1.59. The molecule has 0 amide bonds. The normalized spacial score (nSPS) is 14.0. The first-order valence-electron chi connectivity index (χ1n) is 6.77. The first kappa shape index (κ1) is 13.5. The van der Waals surface area contributed by atoms with E-state index in [1.807, 2.05) is 12.1 Å². The lowest BCUT2D eigenvalue weighted by Gasteiger charge is -2.11. The summed E-state index contributed by atoms with van der Waals surface area (Å²) in [5.41, 5.74) is 1.40. The highest BCUT2D eigenvalue weighted by atomic mass is 16.5. The van der Waals surface area contributed by atoms with Crippen LogP contribution in [0.25, 0.3) is 11.3 Å². The fraction of sp³-hybridized carbons (Fsp3) is 0.333. The number of aromatic carboxylic acids is 1. The van der Waals surface area contributed by atoms with Crippen LogP contribution in [0.5, 0.6) is 11.5 Å². The predicted molar refractivity (Wildman–Crippen MR) is 75.8 cm³/mol. The van der Waals surface area contributed by atoms with Gasteiger partial charge in [-0.3, -0.25) is 5.10 Å². The van der Waals surface area contributed by atoms with Crippen molar-refractivity contribution in [2.75, 3.05) is 13.7 Å². The average Bonchev–Trinajstić information content (AvgIpc) is 3.18. The zero-order valence-electron chi connectivity index (χ0n) is 11.6. The molecule has 0 bridgehead atoms. The van der Waals surface area contributed by atoms with Crippen molar-refractivity contribution in [3.63, 3.8) is 0 Å². The van der Waals surface area contributed by atoms with Gasteiger partial charge in [0.25, 0.3) is 0 Å². The predicted octanol–water partition coefficient (Wildman–Crippen LogP) is 2.57. The van der Waals surface area contributed by atoms with E-state index in [4.69, 9.17) is 14.6 Å². The molecule has 0 unspecified atom stereocenters. The van der Waals surface area contributed by atoms with E-state index < -0.39 is 5.97 Å². The number of carbonyl (C=O) groups is 1. The Morgan fingerprint density at radius 3 is 2.81 bits per heavy atom. The summed E-state index contributed by atoms with van der Waals surface area (Å²) >= 11 is 0. The number of aromatic amines is 1. The molecule has 21 heavy (non-hydrogen) atoms. The van der Waals surface area contributed by atoms with Crippen molar-refractivity contribution in [1.82, 2.24) is 10.2 Å². The van der Waals surface area contributed by atoms with Gasteiger partial charge in [-0.05, 0) is 43.0 Å². The smallest absolute Gasteiger partial charge is 0.353 e. The van der Waals surface area contributed by atoms with Gasteiger partial charge >= 0.3 is 5.97 Å². The third-order valence-electron chi connectivity index (χ3n) is 3.44. The van der Waals surface area contributed by atoms with Crippen LogP contribution in [0.3, 0.4) is 0 Å². The number of methoxy groups -OCH3 is 1. The third kappa shape index (κ3) is 2.99. The molecule has 1 heterocycles. The second-order valence-corrected chi connectivity index (χ2v) is 5.09. The molecular formula is C15H16N2O4. The molecule has 1 aliphatic carbocycles. The highest BCUT2D eigenvalue weighted by molar-refractivity contribution is 5.86. The Bertz CT molecular complexity index is 661. The van der Waals surface area contributed by atoms with Crippen molar-refractivity contribution < 1.29 is 19.4 Å². The highest BCUT2D eigenvalue weighted by Crippen LogP contribution is 2.35. The molecule has 2 aromatic rings. The molecule has 0 atom stereocenters. The number of H-pyrrole nitrogens is 1. The van der Waals surface area contributed by atoms with Crippen LogP contribution < -0.4 is 9.47 Å². The van der Waals surface area contributed by atoms with Gasteiger partial charge in [0.15, 0.2) is 11.5 Å². The number of carboxylic acid groups (broad SMARTS) is 1. The van der Waals surface area contributed by atoms with Crippen molar-refractivity contribution >= 4 is 5.97 Å². The third-order valence-corrected chi connectivity index (χ3v) is 3.44. The maximum Gasteiger partial charge on any atom is 0.353 e. The topological polar surface area (TPSA) is 84.4 Å². The summed E-state index contributed by atoms with van der Waals surface area (Å²) in [6, 6.07) is 6.94. The Hall–Kier alpha value is -2.50. The van der Waals surface area contributed by atoms with Crippen LogP contribution >= 0.6 is 0 Å². The summed E-state index contributed by atoms with van der Waals surface area (Å²) < 4.78 is 11.1. The van der Waals surface area contributed by atoms with Crippen molar-refractivity contribution in [3.05, 3.63) is 30.0 Å². The van der Waals surface area contributed by atoms with Gasteiger partial charge in [-0.25, -0.2) is 4.79 Å². The van der Waals surface area contributed by atoms with Crippen molar-refractivity contribution in [3.8, 4) is 22.8 Å². The first-order chi connectivity index (χ1) is 10.2. The molecule has 6 heteroatoms. The number of ether oxygens (including phenoxy) is 2. The summed E-state index contributed by atoms with van der Waals surface area (Å²) in [6.07, 6.45) is 2.42. The van der Waals surface area contributed by atoms with Gasteiger partial charge in [0.05, 0.1) is 19.4 Å². The molecule has 1 saturated carbocycles. The van der Waals surface area contributed by atoms with Crippen LogP contribution in [-0.2, 0) is 0 Å². The molecule has 2 N–H and O–H groups in total. The van der Waals surface area contributed by atoms with Gasteiger partial charge in [-0.15, -0.1) is 0 Å². The van der Waals surface area contributed by atoms with E-state index >= 15 is 0 Å². The maximum atomic E-state index is 10.9. The number of aromatic nitrogens is 2. The van der Waals surface area contributed by atoms with Gasteiger partial charge in [0.2, 0.25) is 0 Å². The molecule has 0 saturated heterocycles. The largest absolute Gasteiger partial charge is 0.493 e. The Kier molecular flexibility index (Phi) is 3.51. The molecule has 0 spiro atoms. The molecule has 6 nitrogen and oxygen atoms in total. The SMILES string of the molecule is COc1ccc(-c2cc(C(=O)O)[nH]n2)cc1OCC1CC1. The minimum absolute atomic E-state index is 0.0567. The van der Waals surface area contributed by atoms with Crippen LogP contribution in [0, 0.1) is 5.92 Å². The number of nitrogens with one attached hydrogen (secondary N) is 1. The van der Waals surface area contributed by atoms with Gasteiger partial charge < -0.3 is 14.6 Å². The molecule has 1 fully saturated rings. The minimum Gasteiger partial charge on any atom is -0.493 e. The van der Waals surface area contributed by atoms with E-state index in [-0.39, 0.29) is 5.69 Å². The zero-order chi connectivity index (χ0) is 14.8.